The fraction of sp³-hybridized carbons (Fsp3) is 0.625. The van der Waals surface area contributed by atoms with E-state index in [1.54, 1.807) is 0 Å². The van der Waals surface area contributed by atoms with E-state index >= 15 is 0 Å². The van der Waals surface area contributed by atoms with E-state index in [1.807, 2.05) is 26.1 Å². The van der Waals surface area contributed by atoms with E-state index < -0.39 is 0 Å². The molecule has 21 heavy (non-hydrogen) atoms. The summed E-state index contributed by atoms with van der Waals surface area (Å²) < 4.78 is 7.79. The van der Waals surface area contributed by atoms with Crippen LogP contribution in [-0.4, -0.2) is 27.7 Å². The maximum atomic E-state index is 6.26. The molecule has 0 aromatic carbocycles. The molecule has 0 radical (unpaired) electrons. The van der Waals surface area contributed by atoms with Crippen LogP contribution >= 0.6 is 11.6 Å². The van der Waals surface area contributed by atoms with Crippen molar-refractivity contribution in [1.82, 2.24) is 14.5 Å². The van der Waals surface area contributed by atoms with Crippen LogP contribution in [0.25, 0.3) is 11.2 Å². The van der Waals surface area contributed by atoms with E-state index in [-0.39, 0.29) is 5.38 Å². The number of pyridine rings is 1. The van der Waals surface area contributed by atoms with E-state index in [0.29, 0.717) is 12.5 Å². The van der Waals surface area contributed by atoms with E-state index in [4.69, 9.17) is 16.3 Å². The van der Waals surface area contributed by atoms with Crippen LogP contribution in [0.2, 0.25) is 0 Å². The van der Waals surface area contributed by atoms with Crippen LogP contribution in [0, 0.1) is 12.8 Å². The summed E-state index contributed by atoms with van der Waals surface area (Å²) in [6.45, 7) is 10.6. The Morgan fingerprint density at radius 1 is 1.29 bits per heavy atom. The average Bonchev–Trinajstić information content (AvgIpc) is 2.79. The zero-order valence-corrected chi connectivity index (χ0v) is 14.0. The molecule has 2 rings (SSSR count). The summed E-state index contributed by atoms with van der Waals surface area (Å²) in [4.78, 5) is 9.11. The van der Waals surface area contributed by atoms with Crippen molar-refractivity contribution in [2.75, 3.05) is 13.2 Å². The van der Waals surface area contributed by atoms with Crippen LogP contribution in [0.5, 0.6) is 0 Å². The highest BCUT2D eigenvalue weighted by Gasteiger charge is 2.16. The zero-order chi connectivity index (χ0) is 15.4. The molecular weight excluding hydrogens is 286 g/mol. The molecular formula is C16H24ClN3O. The van der Waals surface area contributed by atoms with Crippen LogP contribution in [0.3, 0.4) is 0 Å². The minimum absolute atomic E-state index is 0.144. The summed E-state index contributed by atoms with van der Waals surface area (Å²) >= 11 is 6.26. The number of imidazole rings is 1. The fourth-order valence-electron chi connectivity index (χ4n) is 2.26. The molecule has 2 aromatic heterocycles. The Kier molecular flexibility index (Phi) is 5.59. The Balaban J connectivity index is 2.13. The molecule has 2 heterocycles. The predicted molar refractivity (Wildman–Crippen MR) is 86.8 cm³/mol. The van der Waals surface area contributed by atoms with Crippen LogP contribution in [0.1, 0.15) is 44.0 Å². The molecule has 0 aliphatic rings. The normalized spacial score (nSPS) is 13.2. The molecule has 0 saturated carbocycles. The lowest BCUT2D eigenvalue weighted by Crippen LogP contribution is -2.11. The number of rotatable bonds is 7. The largest absolute Gasteiger partial charge is 0.380 e. The van der Waals surface area contributed by atoms with Crippen molar-refractivity contribution in [3.63, 3.8) is 0 Å². The molecule has 0 bridgehead atoms. The lowest BCUT2D eigenvalue weighted by molar-refractivity contribution is 0.116. The first-order chi connectivity index (χ1) is 10.0. The van der Waals surface area contributed by atoms with Gasteiger partial charge in [0.25, 0.3) is 0 Å². The second kappa shape index (κ2) is 7.23. The number of fused-ring (bicyclic) bond motifs is 1. The number of aromatic nitrogens is 3. The van der Waals surface area contributed by atoms with Gasteiger partial charge in [-0.1, -0.05) is 13.8 Å². The number of hydrogen-bond acceptors (Lipinski definition) is 3. The molecule has 2 aromatic rings. The number of ether oxygens (including phenoxy) is 1. The summed E-state index contributed by atoms with van der Waals surface area (Å²) in [7, 11) is 0. The first kappa shape index (κ1) is 16.2. The first-order valence-electron chi connectivity index (χ1n) is 7.54. The Labute approximate surface area is 131 Å². The number of halogens is 1. The highest BCUT2D eigenvalue weighted by molar-refractivity contribution is 6.20. The molecule has 0 aliphatic heterocycles. The number of hydrogen-bond donors (Lipinski definition) is 0. The Morgan fingerprint density at radius 3 is 2.71 bits per heavy atom. The zero-order valence-electron chi connectivity index (χ0n) is 13.3. The van der Waals surface area contributed by atoms with Gasteiger partial charge in [0.2, 0.25) is 0 Å². The van der Waals surface area contributed by atoms with Crippen molar-refractivity contribution in [2.24, 2.45) is 5.92 Å². The summed E-state index contributed by atoms with van der Waals surface area (Å²) in [6, 6.07) is 1.97. The molecule has 116 valence electrons. The van der Waals surface area contributed by atoms with E-state index in [1.165, 1.54) is 0 Å². The molecule has 0 aliphatic carbocycles. The third kappa shape index (κ3) is 3.95. The third-order valence-corrected chi connectivity index (χ3v) is 3.71. The van der Waals surface area contributed by atoms with Gasteiger partial charge in [-0.05, 0) is 37.8 Å². The predicted octanol–water partition coefficient (Wildman–Crippen LogP) is 4.10. The van der Waals surface area contributed by atoms with Crippen molar-refractivity contribution < 1.29 is 4.74 Å². The molecule has 0 fully saturated rings. The van der Waals surface area contributed by atoms with Crippen molar-refractivity contribution >= 4 is 22.8 Å². The maximum absolute atomic E-state index is 6.26. The summed E-state index contributed by atoms with van der Waals surface area (Å²) in [6.07, 6.45) is 2.90. The second-order valence-corrected chi connectivity index (χ2v) is 6.49. The van der Waals surface area contributed by atoms with Crippen LogP contribution in [0.15, 0.2) is 12.3 Å². The van der Waals surface area contributed by atoms with E-state index in [2.05, 4.69) is 28.4 Å². The average molecular weight is 310 g/mol. The SMILES string of the molecule is Cc1ccnc2c1nc(C(C)Cl)n2CCOCCC(C)C. The fourth-order valence-corrected chi connectivity index (χ4v) is 2.42. The molecule has 0 spiro atoms. The van der Waals surface area contributed by atoms with Gasteiger partial charge < -0.3 is 9.30 Å². The summed E-state index contributed by atoms with van der Waals surface area (Å²) in [5.41, 5.74) is 2.95. The van der Waals surface area contributed by atoms with Crippen molar-refractivity contribution in [1.29, 1.82) is 0 Å². The molecule has 0 N–H and O–H groups in total. The van der Waals surface area contributed by atoms with Crippen LogP contribution < -0.4 is 0 Å². The van der Waals surface area contributed by atoms with Crippen molar-refractivity contribution in [3.8, 4) is 0 Å². The second-order valence-electron chi connectivity index (χ2n) is 5.83. The highest BCUT2D eigenvalue weighted by Crippen LogP contribution is 2.24. The van der Waals surface area contributed by atoms with Gasteiger partial charge in [0.1, 0.15) is 11.3 Å². The van der Waals surface area contributed by atoms with Crippen molar-refractivity contribution in [3.05, 3.63) is 23.7 Å². The van der Waals surface area contributed by atoms with Crippen LogP contribution in [-0.2, 0) is 11.3 Å². The van der Waals surface area contributed by atoms with Gasteiger partial charge in [-0.2, -0.15) is 0 Å². The summed E-state index contributed by atoms with van der Waals surface area (Å²) in [5, 5.41) is -0.144. The highest BCUT2D eigenvalue weighted by atomic mass is 35.5. The minimum Gasteiger partial charge on any atom is -0.380 e. The molecule has 5 heteroatoms. The Bertz CT molecular complexity index is 592. The molecule has 1 atom stereocenters. The smallest absolute Gasteiger partial charge is 0.160 e. The number of aryl methyl sites for hydroxylation is 1. The maximum Gasteiger partial charge on any atom is 0.160 e. The van der Waals surface area contributed by atoms with Gasteiger partial charge in [0.05, 0.1) is 12.0 Å². The molecule has 4 nitrogen and oxygen atoms in total. The number of nitrogens with zero attached hydrogens (tertiary/aromatic N) is 3. The summed E-state index contributed by atoms with van der Waals surface area (Å²) in [5.74, 6) is 1.53. The minimum atomic E-state index is -0.144. The van der Waals surface area contributed by atoms with E-state index in [9.17, 15) is 0 Å². The number of alkyl halides is 1. The quantitative estimate of drug-likeness (QED) is 0.571. The molecule has 1 unspecified atom stereocenters. The van der Waals surface area contributed by atoms with Crippen LogP contribution in [0.4, 0.5) is 0 Å². The van der Waals surface area contributed by atoms with Gasteiger partial charge in [-0.15, -0.1) is 11.6 Å². The Hall–Kier alpha value is -1.13. The van der Waals surface area contributed by atoms with E-state index in [0.717, 1.165) is 42.1 Å². The topological polar surface area (TPSA) is 39.9 Å². The van der Waals surface area contributed by atoms with Gasteiger partial charge >= 0.3 is 0 Å². The van der Waals surface area contributed by atoms with Gasteiger partial charge in [0.15, 0.2) is 5.65 Å². The molecule has 0 saturated heterocycles. The Morgan fingerprint density at radius 2 is 2.05 bits per heavy atom. The standard InChI is InChI=1S/C16H24ClN3O/c1-11(2)6-9-21-10-8-20-15(13(4)17)19-14-12(3)5-7-18-16(14)20/h5,7,11,13H,6,8-10H2,1-4H3. The molecule has 0 amide bonds. The monoisotopic (exact) mass is 309 g/mol. The lowest BCUT2D eigenvalue weighted by atomic mass is 10.1. The van der Waals surface area contributed by atoms with Gasteiger partial charge in [-0.25, -0.2) is 9.97 Å². The van der Waals surface area contributed by atoms with Gasteiger partial charge in [-0.3, -0.25) is 0 Å². The lowest BCUT2D eigenvalue weighted by Gasteiger charge is -2.11. The van der Waals surface area contributed by atoms with Gasteiger partial charge in [0, 0.05) is 19.3 Å². The van der Waals surface area contributed by atoms with Crippen molar-refractivity contribution in [2.45, 2.75) is 46.0 Å². The third-order valence-electron chi connectivity index (χ3n) is 3.52. The first-order valence-corrected chi connectivity index (χ1v) is 7.98.